The van der Waals surface area contributed by atoms with Gasteiger partial charge in [-0.15, -0.1) is 0 Å². The third kappa shape index (κ3) is 3.83. The largest absolute Gasteiger partial charge is 0.393 e. The topological polar surface area (TPSA) is 55.1 Å². The van der Waals surface area contributed by atoms with Gasteiger partial charge in [-0.2, -0.15) is 5.10 Å². The molecule has 0 saturated heterocycles. The quantitative estimate of drug-likeness (QED) is 0.369. The van der Waals surface area contributed by atoms with E-state index in [4.69, 9.17) is 16.7 Å². The van der Waals surface area contributed by atoms with Gasteiger partial charge in [0.2, 0.25) is 0 Å². The van der Waals surface area contributed by atoms with Gasteiger partial charge in [-0.25, -0.2) is 9.07 Å². The van der Waals surface area contributed by atoms with Crippen molar-refractivity contribution >= 4 is 28.3 Å². The first-order chi connectivity index (χ1) is 15.5. The molecule has 4 aromatic rings. The molecule has 0 unspecified atom stereocenters. The van der Waals surface area contributed by atoms with Crippen LogP contribution in [0.4, 0.5) is 4.39 Å². The molecular weight excluding hydrogens is 427 g/mol. The molecule has 6 heteroatoms. The lowest BCUT2D eigenvalue weighted by Crippen LogP contribution is -2.17. The Hall–Kier alpha value is -3.02. The Labute approximate surface area is 190 Å². The number of Topliss-reactive ketones (excluding diaryl/α,β-unsaturated/α-hetero) is 1. The monoisotopic (exact) mass is 448 g/mol. The molecule has 1 N–H and O–H groups in total. The maximum absolute atomic E-state index is 13.5. The Morgan fingerprint density at radius 2 is 1.88 bits per heavy atom. The van der Waals surface area contributed by atoms with Crippen LogP contribution in [0, 0.1) is 11.7 Å². The number of aromatic nitrogens is 2. The third-order valence-electron chi connectivity index (χ3n) is 6.27. The van der Waals surface area contributed by atoms with Gasteiger partial charge in [0, 0.05) is 22.9 Å². The zero-order valence-corrected chi connectivity index (χ0v) is 18.1. The zero-order valence-electron chi connectivity index (χ0n) is 17.3. The lowest BCUT2D eigenvalue weighted by atomic mass is 9.94. The molecule has 0 amide bonds. The molecule has 1 aromatic heterocycles. The van der Waals surface area contributed by atoms with Crippen LogP contribution >= 0.6 is 11.6 Å². The van der Waals surface area contributed by atoms with Crippen molar-refractivity contribution in [2.75, 3.05) is 0 Å². The van der Waals surface area contributed by atoms with Crippen LogP contribution in [0.1, 0.15) is 36.0 Å². The number of rotatable bonds is 5. The maximum atomic E-state index is 13.5. The summed E-state index contributed by atoms with van der Waals surface area (Å²) < 4.78 is 15.2. The number of ketones is 1. The third-order valence-corrected chi connectivity index (χ3v) is 6.60. The fourth-order valence-electron chi connectivity index (χ4n) is 4.53. The van der Waals surface area contributed by atoms with Gasteiger partial charge < -0.3 is 5.11 Å². The van der Waals surface area contributed by atoms with Gasteiger partial charge >= 0.3 is 0 Å². The molecular formula is C26H22ClFN2O2. The highest BCUT2D eigenvalue weighted by Crippen LogP contribution is 2.35. The Morgan fingerprint density at radius 3 is 2.59 bits per heavy atom. The molecule has 0 spiro atoms. The Bertz CT molecular complexity index is 1300. The second-order valence-corrected chi connectivity index (χ2v) is 8.74. The van der Waals surface area contributed by atoms with Gasteiger partial charge in [-0.3, -0.25) is 4.79 Å². The van der Waals surface area contributed by atoms with Crippen LogP contribution < -0.4 is 0 Å². The second-order valence-electron chi connectivity index (χ2n) is 8.33. The summed E-state index contributed by atoms with van der Waals surface area (Å²) in [4.78, 5) is 13.0. The molecule has 32 heavy (non-hydrogen) atoms. The van der Waals surface area contributed by atoms with Crippen LogP contribution in [0.5, 0.6) is 0 Å². The summed E-state index contributed by atoms with van der Waals surface area (Å²) in [5.41, 5.74) is 3.48. The van der Waals surface area contributed by atoms with E-state index in [0.717, 1.165) is 35.7 Å². The van der Waals surface area contributed by atoms with Gasteiger partial charge in [0.05, 0.1) is 22.3 Å². The van der Waals surface area contributed by atoms with E-state index >= 15 is 0 Å². The minimum absolute atomic E-state index is 0.00370. The number of carbonyl (C=O) groups excluding carboxylic acids is 1. The number of hydrogen-bond acceptors (Lipinski definition) is 3. The average Bonchev–Trinajstić information content (AvgIpc) is 3.37. The Kier molecular flexibility index (Phi) is 5.53. The summed E-state index contributed by atoms with van der Waals surface area (Å²) in [6.07, 6.45) is 2.51. The van der Waals surface area contributed by atoms with Crippen LogP contribution in [0.3, 0.4) is 0 Å². The van der Waals surface area contributed by atoms with Crippen molar-refractivity contribution in [2.24, 2.45) is 5.92 Å². The van der Waals surface area contributed by atoms with E-state index < -0.39 is 6.10 Å². The van der Waals surface area contributed by atoms with Crippen molar-refractivity contribution in [1.29, 1.82) is 0 Å². The van der Waals surface area contributed by atoms with E-state index in [-0.39, 0.29) is 17.5 Å². The summed E-state index contributed by atoms with van der Waals surface area (Å²) in [7, 11) is 0. The Morgan fingerprint density at radius 1 is 1.09 bits per heavy atom. The highest BCUT2D eigenvalue weighted by atomic mass is 35.5. The number of halogens is 2. The normalized spacial score (nSPS) is 18.3. The van der Waals surface area contributed by atoms with Crippen LogP contribution in [0.15, 0.2) is 66.7 Å². The molecule has 0 aliphatic heterocycles. The number of aliphatic hydroxyl groups is 1. The smallest absolute Gasteiger partial charge is 0.163 e. The minimum Gasteiger partial charge on any atom is -0.393 e. The second kappa shape index (κ2) is 8.49. The van der Waals surface area contributed by atoms with Crippen molar-refractivity contribution in [3.63, 3.8) is 0 Å². The first-order valence-electron chi connectivity index (χ1n) is 10.8. The van der Waals surface area contributed by atoms with E-state index in [1.165, 1.54) is 12.1 Å². The molecule has 5 rings (SSSR count). The number of fused-ring (bicyclic) bond motifs is 1. The van der Waals surface area contributed by atoms with E-state index in [1.807, 2.05) is 42.5 Å². The van der Waals surface area contributed by atoms with Crippen molar-refractivity contribution in [3.8, 4) is 16.9 Å². The average molecular weight is 449 g/mol. The molecule has 0 bridgehead atoms. The lowest BCUT2D eigenvalue weighted by molar-refractivity contribution is 0.0868. The number of aliphatic hydroxyl groups excluding tert-OH is 1. The number of benzene rings is 3. The van der Waals surface area contributed by atoms with Crippen molar-refractivity contribution in [1.82, 2.24) is 9.78 Å². The lowest BCUT2D eigenvalue weighted by Gasteiger charge is -2.13. The van der Waals surface area contributed by atoms with Crippen molar-refractivity contribution in [2.45, 2.75) is 31.8 Å². The first kappa shape index (κ1) is 20.9. The molecule has 1 aliphatic carbocycles. The highest BCUT2D eigenvalue weighted by Gasteiger charge is 2.28. The van der Waals surface area contributed by atoms with Crippen LogP contribution in [-0.4, -0.2) is 26.8 Å². The number of hydrogen-bond donors (Lipinski definition) is 1. The fourth-order valence-corrected chi connectivity index (χ4v) is 4.76. The number of nitrogens with zero attached hydrogens (tertiary/aromatic N) is 2. The molecule has 1 aliphatic rings. The molecule has 0 radical (unpaired) electrons. The minimum atomic E-state index is -0.403. The van der Waals surface area contributed by atoms with Gasteiger partial charge in [-0.05, 0) is 61.2 Å². The summed E-state index contributed by atoms with van der Waals surface area (Å²) in [5, 5.41) is 16.3. The highest BCUT2D eigenvalue weighted by molar-refractivity contribution is 6.33. The van der Waals surface area contributed by atoms with Gasteiger partial charge in [-0.1, -0.05) is 42.3 Å². The van der Waals surface area contributed by atoms with Crippen molar-refractivity contribution < 1.29 is 14.3 Å². The van der Waals surface area contributed by atoms with E-state index in [1.54, 1.807) is 16.8 Å². The molecule has 3 aromatic carbocycles. The van der Waals surface area contributed by atoms with E-state index in [2.05, 4.69) is 0 Å². The predicted octanol–water partition coefficient (Wildman–Crippen LogP) is 6.22. The molecule has 1 saturated carbocycles. The summed E-state index contributed by atoms with van der Waals surface area (Å²) >= 11 is 6.45. The van der Waals surface area contributed by atoms with Gasteiger partial charge in [0.15, 0.2) is 5.78 Å². The number of carbonyl (C=O) groups is 1. The zero-order chi connectivity index (χ0) is 22.2. The van der Waals surface area contributed by atoms with E-state index in [0.29, 0.717) is 28.4 Å². The van der Waals surface area contributed by atoms with Gasteiger partial charge in [0.1, 0.15) is 11.5 Å². The van der Waals surface area contributed by atoms with Crippen LogP contribution in [0.2, 0.25) is 5.02 Å². The van der Waals surface area contributed by atoms with Gasteiger partial charge in [0.25, 0.3) is 0 Å². The fraction of sp³-hybridized carbons (Fsp3) is 0.231. The summed E-state index contributed by atoms with van der Waals surface area (Å²) in [5.74, 6) is -0.314. The Balaban J connectivity index is 1.63. The maximum Gasteiger partial charge on any atom is 0.163 e. The first-order valence-corrected chi connectivity index (χ1v) is 11.1. The predicted molar refractivity (Wildman–Crippen MR) is 124 cm³/mol. The molecule has 2 atom stereocenters. The molecule has 1 fully saturated rings. The molecule has 4 nitrogen and oxygen atoms in total. The van der Waals surface area contributed by atoms with E-state index in [9.17, 15) is 14.3 Å². The summed E-state index contributed by atoms with van der Waals surface area (Å²) in [6, 6.07) is 19.1. The molecule has 162 valence electrons. The summed E-state index contributed by atoms with van der Waals surface area (Å²) in [6.45, 7) is 0. The molecule has 1 heterocycles. The standard InChI is InChI=1S/C26H22ClFN2O2/c27-22-6-2-1-5-20(22)26-21-13-8-17(25(32)15-16-4-3-7-24(16)31)14-23(21)30(29-26)19-11-9-18(28)10-12-19/h1-2,5-6,8-14,16,24,31H,3-4,7,15H2/t16-,24+/m0/s1. The SMILES string of the molecule is O=C(C[C@@H]1CCC[C@H]1O)c1ccc2c(-c3ccccc3Cl)nn(-c3ccc(F)cc3)c2c1. The van der Waals surface area contributed by atoms with Crippen molar-refractivity contribution in [3.05, 3.63) is 83.1 Å². The van der Waals surface area contributed by atoms with Crippen LogP contribution in [0.25, 0.3) is 27.8 Å². The van der Waals surface area contributed by atoms with Crippen LogP contribution in [-0.2, 0) is 0 Å².